The highest BCUT2D eigenvalue weighted by molar-refractivity contribution is 7.88. The fraction of sp³-hybridized carbons (Fsp3) is 0.294. The highest BCUT2D eigenvalue weighted by Crippen LogP contribution is 2.34. The Hall–Kier alpha value is -4.06. The minimum Gasteiger partial charge on any atom is -0.324 e. The van der Waals surface area contributed by atoms with E-state index in [9.17, 15) is 22.0 Å². The van der Waals surface area contributed by atoms with Crippen LogP contribution in [0.2, 0.25) is 0 Å². The zero-order valence-electron chi connectivity index (χ0n) is 24.8. The van der Waals surface area contributed by atoms with Crippen LogP contribution in [0.5, 0.6) is 0 Å². The van der Waals surface area contributed by atoms with Crippen LogP contribution in [0.4, 0.5) is 18.9 Å². The van der Waals surface area contributed by atoms with Gasteiger partial charge in [0.25, 0.3) is 0 Å². The number of pyridine rings is 1. The third-order valence-corrected chi connectivity index (χ3v) is 10.1. The normalized spacial score (nSPS) is 16.4. The summed E-state index contributed by atoms with van der Waals surface area (Å²) in [5, 5.41) is 6.05. The summed E-state index contributed by atoms with van der Waals surface area (Å²) in [6.07, 6.45) is 2.91. The van der Waals surface area contributed by atoms with E-state index in [0.29, 0.717) is 42.7 Å². The van der Waals surface area contributed by atoms with Gasteiger partial charge in [0.15, 0.2) is 0 Å². The van der Waals surface area contributed by atoms with Crippen molar-refractivity contribution in [1.82, 2.24) is 14.6 Å². The second-order valence-electron chi connectivity index (χ2n) is 11.3. The number of rotatable bonds is 11. The summed E-state index contributed by atoms with van der Waals surface area (Å²) in [6, 6.07) is 20.1. The summed E-state index contributed by atoms with van der Waals surface area (Å²) in [5.74, 6) is -3.31. The number of aromatic nitrogens is 1. The number of anilines is 1. The van der Waals surface area contributed by atoms with E-state index in [1.807, 2.05) is 6.07 Å². The van der Waals surface area contributed by atoms with E-state index in [1.165, 1.54) is 34.8 Å². The van der Waals surface area contributed by atoms with Crippen molar-refractivity contribution in [2.75, 3.05) is 25.0 Å². The molecule has 0 spiro atoms. The van der Waals surface area contributed by atoms with Gasteiger partial charge in [-0.3, -0.25) is 9.78 Å². The number of amides is 1. The van der Waals surface area contributed by atoms with Gasteiger partial charge in [0.1, 0.15) is 17.5 Å². The molecule has 1 unspecified atom stereocenters. The van der Waals surface area contributed by atoms with Gasteiger partial charge in [-0.15, -0.1) is 0 Å². The zero-order chi connectivity index (χ0) is 32.0. The predicted molar refractivity (Wildman–Crippen MR) is 167 cm³/mol. The van der Waals surface area contributed by atoms with Gasteiger partial charge in [-0.2, -0.15) is 4.31 Å². The first-order valence-corrected chi connectivity index (χ1v) is 16.4. The molecule has 0 bridgehead atoms. The molecule has 1 fully saturated rings. The van der Waals surface area contributed by atoms with Crippen molar-refractivity contribution in [1.29, 1.82) is 0 Å². The van der Waals surface area contributed by atoms with Gasteiger partial charge >= 0.3 is 0 Å². The fourth-order valence-electron chi connectivity index (χ4n) is 5.86. The lowest BCUT2D eigenvalue weighted by Crippen LogP contribution is -2.53. The number of halogens is 3. The second kappa shape index (κ2) is 14.4. The number of carbonyl (C=O) groups is 1. The Kier molecular flexibility index (Phi) is 10.3. The van der Waals surface area contributed by atoms with Gasteiger partial charge in [0, 0.05) is 43.1 Å². The summed E-state index contributed by atoms with van der Waals surface area (Å²) in [5.41, 5.74) is 2.41. The average molecular weight is 637 g/mol. The molecule has 11 heteroatoms. The number of carbonyl (C=O) groups excluding carboxylic acids is 1. The molecule has 2 heterocycles. The minimum atomic E-state index is -3.64. The van der Waals surface area contributed by atoms with E-state index in [1.54, 1.807) is 55.5 Å². The molecule has 1 aliphatic rings. The Morgan fingerprint density at radius 3 is 2.20 bits per heavy atom. The maximum atomic E-state index is 15.2. The van der Waals surface area contributed by atoms with Crippen LogP contribution >= 0.6 is 0 Å². The maximum absolute atomic E-state index is 15.2. The first kappa shape index (κ1) is 32.3. The van der Waals surface area contributed by atoms with Crippen LogP contribution in [0.15, 0.2) is 91.3 Å². The molecule has 0 aliphatic carbocycles. The monoisotopic (exact) mass is 636 g/mol. The maximum Gasteiger partial charge on any atom is 0.228 e. The Morgan fingerprint density at radius 2 is 1.58 bits per heavy atom. The summed E-state index contributed by atoms with van der Waals surface area (Å²) in [6.45, 7) is 2.92. The third-order valence-electron chi connectivity index (χ3n) is 8.21. The molecule has 236 valence electrons. The quantitative estimate of drug-likeness (QED) is 0.222. The number of sulfonamides is 1. The van der Waals surface area contributed by atoms with Gasteiger partial charge < -0.3 is 10.6 Å². The number of hydrogen-bond acceptors (Lipinski definition) is 5. The first-order chi connectivity index (χ1) is 21.6. The molecule has 1 aromatic heterocycles. The summed E-state index contributed by atoms with van der Waals surface area (Å²) >= 11 is 0. The van der Waals surface area contributed by atoms with Gasteiger partial charge in [0.2, 0.25) is 15.9 Å². The van der Waals surface area contributed by atoms with E-state index >= 15 is 4.39 Å². The molecule has 7 nitrogen and oxygen atoms in total. The molecule has 0 saturated carbocycles. The number of benzene rings is 3. The summed E-state index contributed by atoms with van der Waals surface area (Å²) in [7, 11) is -3.64. The molecule has 5 rings (SSSR count). The number of hydrogen-bond donors (Lipinski definition) is 2. The highest BCUT2D eigenvalue weighted by Gasteiger charge is 2.33. The van der Waals surface area contributed by atoms with Crippen LogP contribution in [-0.4, -0.2) is 49.3 Å². The zero-order valence-corrected chi connectivity index (χ0v) is 25.6. The Labute approximate surface area is 261 Å². The van der Waals surface area contributed by atoms with E-state index < -0.39 is 51.3 Å². The third kappa shape index (κ3) is 7.97. The molecule has 45 heavy (non-hydrogen) atoms. The number of piperazine rings is 1. The lowest BCUT2D eigenvalue weighted by atomic mass is 9.81. The lowest BCUT2D eigenvalue weighted by molar-refractivity contribution is -0.119. The van der Waals surface area contributed by atoms with Crippen LogP contribution in [-0.2, 0) is 27.0 Å². The molecular formula is C34H35F3N4O3S. The van der Waals surface area contributed by atoms with Gasteiger partial charge in [-0.1, -0.05) is 61.5 Å². The van der Waals surface area contributed by atoms with E-state index in [2.05, 4.69) is 15.6 Å². The van der Waals surface area contributed by atoms with E-state index in [0.717, 1.165) is 6.20 Å². The smallest absolute Gasteiger partial charge is 0.228 e. The van der Waals surface area contributed by atoms with Crippen LogP contribution in [0.25, 0.3) is 0 Å². The van der Waals surface area contributed by atoms with Crippen molar-refractivity contribution in [2.45, 2.75) is 37.5 Å². The van der Waals surface area contributed by atoms with Crippen molar-refractivity contribution in [3.05, 3.63) is 131 Å². The van der Waals surface area contributed by atoms with Crippen molar-refractivity contribution in [2.24, 2.45) is 5.92 Å². The molecule has 1 amide bonds. The second-order valence-corrected chi connectivity index (χ2v) is 13.2. The average Bonchev–Trinajstić information content (AvgIpc) is 3.03. The summed E-state index contributed by atoms with van der Waals surface area (Å²) in [4.78, 5) is 17.6. The van der Waals surface area contributed by atoms with Crippen molar-refractivity contribution in [3.8, 4) is 0 Å². The molecule has 3 aromatic carbocycles. The number of nitrogens with zero attached hydrogens (tertiary/aromatic N) is 2. The van der Waals surface area contributed by atoms with Crippen molar-refractivity contribution in [3.63, 3.8) is 0 Å². The van der Waals surface area contributed by atoms with Gasteiger partial charge in [0.05, 0.1) is 23.8 Å². The van der Waals surface area contributed by atoms with Crippen LogP contribution in [0.1, 0.15) is 41.5 Å². The molecule has 0 radical (unpaired) electrons. The van der Waals surface area contributed by atoms with E-state index in [-0.39, 0.29) is 23.4 Å². The highest BCUT2D eigenvalue weighted by atomic mass is 32.2. The molecule has 4 aromatic rings. The molecule has 1 aliphatic heterocycles. The van der Waals surface area contributed by atoms with Crippen molar-refractivity contribution < 1.29 is 26.4 Å². The van der Waals surface area contributed by atoms with Crippen LogP contribution in [0, 0.1) is 23.4 Å². The van der Waals surface area contributed by atoms with Crippen LogP contribution < -0.4 is 10.6 Å². The number of nitrogens with one attached hydrogen (secondary N) is 2. The lowest BCUT2D eigenvalue weighted by Gasteiger charge is -2.35. The molecule has 2 N–H and O–H groups in total. The summed E-state index contributed by atoms with van der Waals surface area (Å²) < 4.78 is 70.9. The van der Waals surface area contributed by atoms with Crippen LogP contribution in [0.3, 0.4) is 0 Å². The minimum absolute atomic E-state index is 0.129. The van der Waals surface area contributed by atoms with Crippen molar-refractivity contribution >= 4 is 21.6 Å². The fourth-order valence-corrected chi connectivity index (χ4v) is 7.65. The van der Waals surface area contributed by atoms with E-state index in [4.69, 9.17) is 0 Å². The predicted octanol–water partition coefficient (Wildman–Crippen LogP) is 5.64. The van der Waals surface area contributed by atoms with Gasteiger partial charge in [-0.25, -0.2) is 21.6 Å². The SMILES string of the molecule is C[C@H](C(=O)Nc1cncc(F)c1CCC1CNCCN1S(=O)(=O)Cc1ccccc1)C(c1ccc(F)cc1)c1ccc(F)cc1. The molecule has 2 atom stereocenters. The first-order valence-electron chi connectivity index (χ1n) is 14.8. The molecular weight excluding hydrogens is 601 g/mol. The largest absolute Gasteiger partial charge is 0.324 e. The Balaban J connectivity index is 1.34. The molecule has 1 saturated heterocycles. The Morgan fingerprint density at radius 1 is 0.956 bits per heavy atom. The standard InChI is InChI=1S/C34H35F3N4O3S/c1-23(33(25-7-11-27(35)12-8-25)26-9-13-28(36)14-10-26)34(42)40-32-21-39-20-31(37)30(32)16-15-29-19-38-17-18-41(29)45(43,44)22-24-5-3-2-4-6-24/h2-14,20-21,23,29,33,38H,15-19,22H2,1H3,(H,40,42)/t23-,29?/m0/s1. The van der Waals surface area contributed by atoms with Gasteiger partial charge in [-0.05, 0) is 53.8 Å². The topological polar surface area (TPSA) is 91.4 Å². The Bertz CT molecular complexity index is 1660.